The Bertz CT molecular complexity index is 269. The summed E-state index contributed by atoms with van der Waals surface area (Å²) in [6.07, 6.45) is 0.438. The van der Waals surface area contributed by atoms with Gasteiger partial charge in [0.25, 0.3) is 5.92 Å². The Labute approximate surface area is 101 Å². The summed E-state index contributed by atoms with van der Waals surface area (Å²) in [4.78, 5) is 13.2. The summed E-state index contributed by atoms with van der Waals surface area (Å²) in [6.45, 7) is 4.57. The number of esters is 1. The fourth-order valence-electron chi connectivity index (χ4n) is 2.19. The zero-order chi connectivity index (χ0) is 13.1. The highest BCUT2D eigenvalue weighted by Crippen LogP contribution is 2.27. The molecule has 1 fully saturated rings. The molecule has 17 heavy (non-hydrogen) atoms. The largest absolute Gasteiger partial charge is 0.469 e. The second kappa shape index (κ2) is 5.76. The highest BCUT2D eigenvalue weighted by Gasteiger charge is 2.37. The molecular weight excluding hydrogens is 228 g/mol. The van der Waals surface area contributed by atoms with Gasteiger partial charge in [0.2, 0.25) is 0 Å². The number of alkyl halides is 2. The monoisotopic (exact) mass is 249 g/mol. The van der Waals surface area contributed by atoms with E-state index >= 15 is 0 Å². The predicted molar refractivity (Wildman–Crippen MR) is 61.0 cm³/mol. The van der Waals surface area contributed by atoms with E-state index in [4.69, 9.17) is 4.74 Å². The first-order chi connectivity index (χ1) is 7.85. The molecule has 1 saturated heterocycles. The Kier molecular flexibility index (Phi) is 4.86. The van der Waals surface area contributed by atoms with E-state index in [1.54, 1.807) is 4.90 Å². The summed E-state index contributed by atoms with van der Waals surface area (Å²) in [5, 5.41) is 0. The average Bonchev–Trinajstić information content (AvgIpc) is 2.23. The van der Waals surface area contributed by atoms with Gasteiger partial charge in [-0.15, -0.1) is 0 Å². The molecule has 5 heteroatoms. The fourth-order valence-corrected chi connectivity index (χ4v) is 2.19. The van der Waals surface area contributed by atoms with E-state index in [-0.39, 0.29) is 30.8 Å². The Hall–Kier alpha value is -0.710. The second-order valence-electron chi connectivity index (χ2n) is 5.07. The molecule has 0 aliphatic carbocycles. The van der Waals surface area contributed by atoms with E-state index in [9.17, 15) is 13.6 Å². The number of halogens is 2. The van der Waals surface area contributed by atoms with Gasteiger partial charge in [-0.3, -0.25) is 9.69 Å². The molecule has 1 aliphatic heterocycles. The average molecular weight is 249 g/mol. The molecule has 0 spiro atoms. The number of nitrogens with zero attached hydrogens (tertiary/aromatic N) is 1. The summed E-state index contributed by atoms with van der Waals surface area (Å²) in [5.41, 5.74) is 0. The van der Waals surface area contributed by atoms with Crippen molar-refractivity contribution in [1.29, 1.82) is 0 Å². The Morgan fingerprint density at radius 3 is 2.59 bits per heavy atom. The molecule has 0 aromatic rings. The van der Waals surface area contributed by atoms with Crippen LogP contribution < -0.4 is 0 Å². The van der Waals surface area contributed by atoms with E-state index in [1.807, 2.05) is 13.8 Å². The SMILES string of the molecule is COC(=O)C(CN1CCCC(F)(F)C1)C(C)C. The highest BCUT2D eigenvalue weighted by atomic mass is 19.3. The molecule has 0 aromatic carbocycles. The summed E-state index contributed by atoms with van der Waals surface area (Å²) in [7, 11) is 1.34. The third-order valence-electron chi connectivity index (χ3n) is 3.24. The van der Waals surface area contributed by atoms with E-state index in [1.165, 1.54) is 7.11 Å². The second-order valence-corrected chi connectivity index (χ2v) is 5.07. The van der Waals surface area contributed by atoms with Crippen LogP contribution in [0, 0.1) is 11.8 Å². The van der Waals surface area contributed by atoms with Crippen molar-refractivity contribution in [2.45, 2.75) is 32.6 Å². The minimum absolute atomic E-state index is 0.0476. The van der Waals surface area contributed by atoms with Gasteiger partial charge in [-0.2, -0.15) is 0 Å². The van der Waals surface area contributed by atoms with Gasteiger partial charge in [0.05, 0.1) is 19.6 Å². The van der Waals surface area contributed by atoms with Crippen LogP contribution in [-0.4, -0.2) is 43.5 Å². The van der Waals surface area contributed by atoms with Gasteiger partial charge in [0, 0.05) is 13.0 Å². The smallest absolute Gasteiger partial charge is 0.310 e. The van der Waals surface area contributed by atoms with E-state index in [2.05, 4.69) is 0 Å². The number of methoxy groups -OCH3 is 1. The van der Waals surface area contributed by atoms with Crippen LogP contribution in [0.3, 0.4) is 0 Å². The minimum Gasteiger partial charge on any atom is -0.469 e. The maximum absolute atomic E-state index is 13.2. The maximum Gasteiger partial charge on any atom is 0.310 e. The van der Waals surface area contributed by atoms with Crippen LogP contribution in [0.25, 0.3) is 0 Å². The van der Waals surface area contributed by atoms with Gasteiger partial charge < -0.3 is 4.74 Å². The van der Waals surface area contributed by atoms with Crippen LogP contribution in [0.1, 0.15) is 26.7 Å². The van der Waals surface area contributed by atoms with Gasteiger partial charge in [-0.1, -0.05) is 13.8 Å². The quantitative estimate of drug-likeness (QED) is 0.715. The Balaban J connectivity index is 2.58. The number of hydrogen-bond acceptors (Lipinski definition) is 3. The van der Waals surface area contributed by atoms with Crippen LogP contribution in [0.15, 0.2) is 0 Å². The third-order valence-corrected chi connectivity index (χ3v) is 3.24. The zero-order valence-corrected chi connectivity index (χ0v) is 10.7. The predicted octanol–water partition coefficient (Wildman–Crippen LogP) is 2.16. The van der Waals surface area contributed by atoms with E-state index in [0.717, 1.165) is 0 Å². The van der Waals surface area contributed by atoms with Gasteiger partial charge in [-0.25, -0.2) is 8.78 Å². The molecule has 1 unspecified atom stereocenters. The molecular formula is C12H21F2NO2. The number of piperidine rings is 1. The van der Waals surface area contributed by atoms with Gasteiger partial charge in [-0.05, 0) is 18.9 Å². The summed E-state index contributed by atoms with van der Waals surface area (Å²) in [5.74, 6) is -3.16. The van der Waals surface area contributed by atoms with Crippen molar-refractivity contribution in [2.75, 3.05) is 26.7 Å². The van der Waals surface area contributed by atoms with E-state index < -0.39 is 5.92 Å². The lowest BCUT2D eigenvalue weighted by molar-refractivity contribution is -0.149. The summed E-state index contributed by atoms with van der Waals surface area (Å²) >= 11 is 0. The summed E-state index contributed by atoms with van der Waals surface area (Å²) < 4.78 is 31.2. The van der Waals surface area contributed by atoms with Crippen LogP contribution in [0.2, 0.25) is 0 Å². The zero-order valence-electron chi connectivity index (χ0n) is 10.7. The molecule has 0 radical (unpaired) electrons. The molecule has 0 bridgehead atoms. The highest BCUT2D eigenvalue weighted by molar-refractivity contribution is 5.72. The fraction of sp³-hybridized carbons (Fsp3) is 0.917. The molecule has 3 nitrogen and oxygen atoms in total. The molecule has 0 amide bonds. The molecule has 1 atom stereocenters. The number of ether oxygens (including phenoxy) is 1. The first-order valence-electron chi connectivity index (χ1n) is 6.04. The number of rotatable bonds is 4. The van der Waals surface area contributed by atoms with Crippen molar-refractivity contribution in [3.8, 4) is 0 Å². The van der Waals surface area contributed by atoms with Gasteiger partial charge >= 0.3 is 5.97 Å². The normalized spacial score (nSPS) is 22.5. The third kappa shape index (κ3) is 4.22. The van der Waals surface area contributed by atoms with Crippen LogP contribution >= 0.6 is 0 Å². The van der Waals surface area contributed by atoms with E-state index in [0.29, 0.717) is 19.5 Å². The van der Waals surface area contributed by atoms with Crippen molar-refractivity contribution in [3.05, 3.63) is 0 Å². The first kappa shape index (κ1) is 14.4. The lowest BCUT2D eigenvalue weighted by atomic mass is 9.94. The topological polar surface area (TPSA) is 29.5 Å². The molecule has 0 N–H and O–H groups in total. The van der Waals surface area contributed by atoms with Crippen molar-refractivity contribution < 1.29 is 18.3 Å². The Morgan fingerprint density at radius 1 is 1.47 bits per heavy atom. The molecule has 1 rings (SSSR count). The lowest BCUT2D eigenvalue weighted by Gasteiger charge is -2.34. The Morgan fingerprint density at radius 2 is 2.12 bits per heavy atom. The molecule has 0 saturated carbocycles. The van der Waals surface area contributed by atoms with Gasteiger partial charge in [0.1, 0.15) is 0 Å². The van der Waals surface area contributed by atoms with Crippen molar-refractivity contribution in [2.24, 2.45) is 11.8 Å². The molecule has 0 aromatic heterocycles. The molecule has 1 aliphatic rings. The van der Waals surface area contributed by atoms with Crippen LogP contribution in [0.5, 0.6) is 0 Å². The molecule has 100 valence electrons. The standard InChI is InChI=1S/C12H21F2NO2/c1-9(2)10(11(16)17-3)7-15-6-4-5-12(13,14)8-15/h9-10H,4-8H2,1-3H3. The van der Waals surface area contributed by atoms with Crippen LogP contribution in [0.4, 0.5) is 8.78 Å². The van der Waals surface area contributed by atoms with Crippen molar-refractivity contribution in [1.82, 2.24) is 4.90 Å². The molecule has 1 heterocycles. The van der Waals surface area contributed by atoms with Crippen LogP contribution in [-0.2, 0) is 9.53 Å². The number of carbonyl (C=O) groups excluding carboxylic acids is 1. The summed E-state index contributed by atoms with van der Waals surface area (Å²) in [6, 6.07) is 0. The maximum atomic E-state index is 13.2. The van der Waals surface area contributed by atoms with Crippen molar-refractivity contribution >= 4 is 5.97 Å². The lowest BCUT2D eigenvalue weighted by Crippen LogP contribution is -2.46. The van der Waals surface area contributed by atoms with Crippen molar-refractivity contribution in [3.63, 3.8) is 0 Å². The number of hydrogen-bond donors (Lipinski definition) is 0. The minimum atomic E-state index is -2.62. The van der Waals surface area contributed by atoms with Gasteiger partial charge in [0.15, 0.2) is 0 Å². The number of carbonyl (C=O) groups is 1. The number of likely N-dealkylation sites (tertiary alicyclic amines) is 1. The first-order valence-corrected chi connectivity index (χ1v) is 6.04.